The van der Waals surface area contributed by atoms with Gasteiger partial charge in [0.15, 0.2) is 0 Å². The van der Waals surface area contributed by atoms with E-state index in [4.69, 9.17) is 4.74 Å². The maximum Gasteiger partial charge on any atom is 0.210 e. The summed E-state index contributed by atoms with van der Waals surface area (Å²) >= 11 is 0. The summed E-state index contributed by atoms with van der Waals surface area (Å²) in [7, 11) is 8.10. The molecule has 1 fully saturated rings. The molecule has 0 radical (unpaired) electrons. The summed E-state index contributed by atoms with van der Waals surface area (Å²) in [5, 5.41) is 9.50. The molecule has 0 atom stereocenters. The van der Waals surface area contributed by atoms with E-state index in [2.05, 4.69) is 67.3 Å². The first-order valence-corrected chi connectivity index (χ1v) is 11.7. The van der Waals surface area contributed by atoms with Crippen LogP contribution in [0.2, 0.25) is 0 Å². The maximum atomic E-state index is 12.3. The van der Waals surface area contributed by atoms with Gasteiger partial charge in [0.25, 0.3) is 0 Å². The van der Waals surface area contributed by atoms with E-state index in [9.17, 15) is 10.1 Å². The molecule has 1 aromatic carbocycles. The number of likely N-dealkylation sites (N-methyl/N-ethyl adjacent to an activating group) is 1. The Labute approximate surface area is 195 Å². The molecule has 6 nitrogen and oxygen atoms in total. The quantitative estimate of drug-likeness (QED) is 0.365. The van der Waals surface area contributed by atoms with E-state index >= 15 is 0 Å². The Morgan fingerprint density at radius 1 is 1.12 bits per heavy atom. The zero-order chi connectivity index (χ0) is 23.8. The average Bonchev–Trinajstić information content (AvgIpc) is 2.77. The van der Waals surface area contributed by atoms with Crippen LogP contribution in [0.1, 0.15) is 51.5 Å². The maximum absolute atomic E-state index is 12.3. The molecule has 0 aliphatic heterocycles. The fourth-order valence-electron chi connectivity index (χ4n) is 5.46. The predicted molar refractivity (Wildman–Crippen MR) is 129 cm³/mol. The molecular weight excluding hydrogens is 400 g/mol. The highest BCUT2D eigenvalue weighted by Gasteiger charge is 2.48. The summed E-state index contributed by atoms with van der Waals surface area (Å²) in [6, 6.07) is 13.2. The number of carbonyl (C=O) groups is 1. The lowest BCUT2D eigenvalue weighted by atomic mass is 9.67. The number of methoxy groups -OCH3 is 1. The second kappa shape index (κ2) is 11.3. The van der Waals surface area contributed by atoms with Crippen LogP contribution in [0.5, 0.6) is 0 Å². The molecule has 2 rings (SSSR count). The van der Waals surface area contributed by atoms with Crippen molar-refractivity contribution >= 4 is 6.41 Å². The molecule has 0 unspecified atom stereocenters. The molecule has 1 aliphatic carbocycles. The van der Waals surface area contributed by atoms with Crippen LogP contribution in [0.3, 0.4) is 0 Å². The highest BCUT2D eigenvalue weighted by molar-refractivity contribution is 5.49. The zero-order valence-corrected chi connectivity index (χ0v) is 20.9. The second-order valence-electron chi connectivity index (χ2n) is 10.3. The van der Waals surface area contributed by atoms with Gasteiger partial charge in [0.2, 0.25) is 6.41 Å². The fourth-order valence-corrected chi connectivity index (χ4v) is 5.46. The second-order valence-corrected chi connectivity index (χ2v) is 10.3. The number of amides is 1. The topological polar surface area (TPSA) is 59.8 Å². The van der Waals surface area contributed by atoms with E-state index < -0.39 is 5.41 Å². The first-order valence-electron chi connectivity index (χ1n) is 11.7. The van der Waals surface area contributed by atoms with Crippen LogP contribution < -0.4 is 0 Å². The minimum atomic E-state index is -0.426. The van der Waals surface area contributed by atoms with Crippen molar-refractivity contribution in [3.8, 4) is 6.07 Å². The lowest BCUT2D eigenvalue weighted by Gasteiger charge is -2.54. The molecule has 0 bridgehead atoms. The fraction of sp³-hybridized carbons (Fsp3) is 0.692. The normalized spacial score (nSPS) is 23.8. The number of rotatable bonds is 12. The average molecular weight is 443 g/mol. The molecule has 0 aromatic heterocycles. The molecule has 6 heteroatoms. The number of ether oxygens (including phenoxy) is 1. The predicted octanol–water partition coefficient (Wildman–Crippen LogP) is 3.73. The van der Waals surface area contributed by atoms with E-state index in [1.807, 2.05) is 18.7 Å². The van der Waals surface area contributed by atoms with Gasteiger partial charge in [-0.15, -0.1) is 0 Å². The summed E-state index contributed by atoms with van der Waals surface area (Å²) in [5.41, 5.74) is 0.638. The van der Waals surface area contributed by atoms with Gasteiger partial charge in [0.1, 0.15) is 0 Å². The summed E-state index contributed by atoms with van der Waals surface area (Å²) in [6.07, 6.45) is 5.65. The monoisotopic (exact) mass is 442 g/mol. The van der Waals surface area contributed by atoms with E-state index in [1.165, 1.54) is 5.56 Å². The first-order chi connectivity index (χ1) is 15.1. The highest BCUT2D eigenvalue weighted by Crippen LogP contribution is 2.46. The third-order valence-corrected chi connectivity index (χ3v) is 7.19. The van der Waals surface area contributed by atoms with Gasteiger partial charge in [-0.3, -0.25) is 9.69 Å². The number of hydrogen-bond acceptors (Lipinski definition) is 5. The van der Waals surface area contributed by atoms with E-state index in [1.54, 1.807) is 7.11 Å². The van der Waals surface area contributed by atoms with E-state index in [0.717, 1.165) is 45.1 Å². The van der Waals surface area contributed by atoms with E-state index in [0.29, 0.717) is 19.7 Å². The van der Waals surface area contributed by atoms with Crippen molar-refractivity contribution in [3.05, 3.63) is 35.9 Å². The van der Waals surface area contributed by atoms with Crippen LogP contribution in [0.15, 0.2) is 30.3 Å². The molecule has 0 spiro atoms. The molecule has 1 aromatic rings. The SMILES string of the molecule is COCCCN(C=O)C1(CN(C)CC(C)(C)C#N)CCC(c2ccccc2)(N(C)C)CC1. The van der Waals surface area contributed by atoms with Gasteiger partial charge >= 0.3 is 0 Å². The Balaban J connectivity index is 2.32. The molecule has 1 aliphatic rings. The Hall–Kier alpha value is -1.94. The van der Waals surface area contributed by atoms with Gasteiger partial charge in [0, 0.05) is 38.9 Å². The Bertz CT molecular complexity index is 749. The molecule has 32 heavy (non-hydrogen) atoms. The van der Waals surface area contributed by atoms with Crippen molar-refractivity contribution in [3.63, 3.8) is 0 Å². The Kier molecular flexibility index (Phi) is 9.27. The molecule has 0 saturated heterocycles. The van der Waals surface area contributed by atoms with Gasteiger partial charge in [-0.05, 0) is 72.7 Å². The van der Waals surface area contributed by atoms with Gasteiger partial charge in [0.05, 0.1) is 17.0 Å². The van der Waals surface area contributed by atoms with Crippen LogP contribution in [-0.2, 0) is 15.1 Å². The molecule has 1 amide bonds. The van der Waals surface area contributed by atoms with Gasteiger partial charge in [-0.2, -0.15) is 5.26 Å². The standard InChI is InChI=1S/C26H42N4O2/c1-24(2,19-27)20-29(5)21-25(30(22-31)17-10-18-32-6)13-15-26(16-14-25,28(3)4)23-11-8-7-9-12-23/h7-9,11-12,22H,10,13-18,20-21H2,1-6H3. The summed E-state index contributed by atoms with van der Waals surface area (Å²) in [6.45, 7) is 6.71. The smallest absolute Gasteiger partial charge is 0.210 e. The Morgan fingerprint density at radius 3 is 2.25 bits per heavy atom. The summed E-state index contributed by atoms with van der Waals surface area (Å²) in [4.78, 5) is 18.9. The minimum absolute atomic E-state index is 0.0314. The number of nitrogens with zero attached hydrogens (tertiary/aromatic N) is 4. The molecule has 0 N–H and O–H groups in total. The van der Waals surface area contributed by atoms with Gasteiger partial charge < -0.3 is 14.5 Å². The van der Waals surface area contributed by atoms with Gasteiger partial charge in [-0.1, -0.05) is 30.3 Å². The number of nitriles is 1. The summed E-state index contributed by atoms with van der Waals surface area (Å²) in [5.74, 6) is 0. The molecule has 178 valence electrons. The van der Waals surface area contributed by atoms with Crippen molar-refractivity contribution in [1.82, 2.24) is 14.7 Å². The molecular formula is C26H42N4O2. The van der Waals surface area contributed by atoms with Crippen LogP contribution in [0.25, 0.3) is 0 Å². The summed E-state index contributed by atoms with van der Waals surface area (Å²) < 4.78 is 5.25. The van der Waals surface area contributed by atoms with Crippen molar-refractivity contribution < 1.29 is 9.53 Å². The third-order valence-electron chi connectivity index (χ3n) is 7.19. The first kappa shape index (κ1) is 26.3. The van der Waals surface area contributed by atoms with Crippen LogP contribution in [-0.4, -0.2) is 81.1 Å². The largest absolute Gasteiger partial charge is 0.385 e. The third kappa shape index (κ3) is 6.10. The van der Waals surface area contributed by atoms with Crippen molar-refractivity contribution in [2.24, 2.45) is 5.41 Å². The van der Waals surface area contributed by atoms with E-state index in [-0.39, 0.29) is 11.1 Å². The molecule has 0 heterocycles. The van der Waals surface area contributed by atoms with Crippen LogP contribution in [0, 0.1) is 16.7 Å². The van der Waals surface area contributed by atoms with Crippen molar-refractivity contribution in [2.75, 3.05) is 54.5 Å². The number of benzene rings is 1. The van der Waals surface area contributed by atoms with Crippen molar-refractivity contribution in [1.29, 1.82) is 5.26 Å². The highest BCUT2D eigenvalue weighted by atomic mass is 16.5. The minimum Gasteiger partial charge on any atom is -0.385 e. The lowest BCUT2D eigenvalue weighted by Crippen LogP contribution is -2.60. The number of hydrogen-bond donors (Lipinski definition) is 0. The lowest BCUT2D eigenvalue weighted by molar-refractivity contribution is -0.129. The zero-order valence-electron chi connectivity index (χ0n) is 20.9. The molecule has 1 saturated carbocycles. The van der Waals surface area contributed by atoms with Gasteiger partial charge in [-0.25, -0.2) is 0 Å². The van der Waals surface area contributed by atoms with Crippen molar-refractivity contribution in [2.45, 2.75) is 57.0 Å². The number of carbonyl (C=O) groups excluding carboxylic acids is 1. The Morgan fingerprint density at radius 2 is 1.75 bits per heavy atom. The van der Waals surface area contributed by atoms with Crippen LogP contribution in [0.4, 0.5) is 0 Å². The van der Waals surface area contributed by atoms with Crippen LogP contribution >= 0.6 is 0 Å².